The Morgan fingerprint density at radius 2 is 1.68 bits per heavy atom. The zero-order valence-corrected chi connectivity index (χ0v) is 13.4. The number of benzene rings is 2. The van der Waals surface area contributed by atoms with Crippen LogP contribution in [0.2, 0.25) is 0 Å². The minimum absolute atomic E-state index is 0.0435. The molecule has 0 aliphatic heterocycles. The van der Waals surface area contributed by atoms with E-state index in [1.807, 2.05) is 0 Å². The van der Waals surface area contributed by atoms with Crippen molar-refractivity contribution in [2.24, 2.45) is 5.73 Å². The molecular weight excluding hydrogens is 324 g/mol. The lowest BCUT2D eigenvalue weighted by atomic mass is 10.1. The summed E-state index contributed by atoms with van der Waals surface area (Å²) in [5, 5.41) is 2.30. The summed E-state index contributed by atoms with van der Waals surface area (Å²) < 4.78 is 0. The SMILES string of the molecule is CC(=O)N(C(=O)C(=O)Nc1ccccc1C(N)=O)c1cccc(N)c1. The molecule has 0 fully saturated rings. The van der Waals surface area contributed by atoms with E-state index in [0.717, 1.165) is 6.92 Å². The number of nitrogens with zero attached hydrogens (tertiary/aromatic N) is 1. The van der Waals surface area contributed by atoms with Crippen LogP contribution in [0, 0.1) is 0 Å². The zero-order chi connectivity index (χ0) is 18.6. The first-order valence-electron chi connectivity index (χ1n) is 7.21. The number of primary amides is 1. The molecule has 0 saturated carbocycles. The van der Waals surface area contributed by atoms with Crippen LogP contribution in [-0.4, -0.2) is 23.6 Å². The van der Waals surface area contributed by atoms with Gasteiger partial charge >= 0.3 is 11.8 Å². The van der Waals surface area contributed by atoms with Gasteiger partial charge in [0, 0.05) is 12.6 Å². The predicted molar refractivity (Wildman–Crippen MR) is 92.6 cm³/mol. The molecule has 0 radical (unpaired) electrons. The van der Waals surface area contributed by atoms with Gasteiger partial charge in [-0.25, -0.2) is 4.90 Å². The number of nitrogen functional groups attached to an aromatic ring is 1. The van der Waals surface area contributed by atoms with E-state index in [-0.39, 0.29) is 16.9 Å². The Hall–Kier alpha value is -3.68. The molecule has 0 bridgehead atoms. The number of nitrogens with one attached hydrogen (secondary N) is 1. The summed E-state index contributed by atoms with van der Waals surface area (Å²) in [5.41, 5.74) is 11.5. The third-order valence-corrected chi connectivity index (χ3v) is 3.28. The number of carbonyl (C=O) groups is 4. The minimum Gasteiger partial charge on any atom is -0.399 e. The molecule has 128 valence electrons. The largest absolute Gasteiger partial charge is 0.399 e. The van der Waals surface area contributed by atoms with Crippen LogP contribution < -0.4 is 21.7 Å². The summed E-state index contributed by atoms with van der Waals surface area (Å²) in [5.74, 6) is -3.62. The van der Waals surface area contributed by atoms with Gasteiger partial charge in [-0.2, -0.15) is 0 Å². The number of hydrogen-bond donors (Lipinski definition) is 3. The van der Waals surface area contributed by atoms with Gasteiger partial charge in [-0.05, 0) is 30.3 Å². The Balaban J connectivity index is 2.30. The normalized spacial score (nSPS) is 9.96. The summed E-state index contributed by atoms with van der Waals surface area (Å²) in [6.45, 7) is 1.14. The maximum absolute atomic E-state index is 12.4. The number of hydrogen-bond acceptors (Lipinski definition) is 5. The molecule has 8 heteroatoms. The summed E-state index contributed by atoms with van der Waals surface area (Å²) in [6, 6.07) is 11.9. The van der Waals surface area contributed by atoms with Crippen molar-refractivity contribution in [3.63, 3.8) is 0 Å². The predicted octanol–water partition coefficient (Wildman–Crippen LogP) is 0.886. The molecule has 4 amide bonds. The second kappa shape index (κ2) is 7.26. The van der Waals surface area contributed by atoms with Crippen LogP contribution in [0.3, 0.4) is 0 Å². The molecule has 2 aromatic rings. The van der Waals surface area contributed by atoms with Crippen LogP contribution in [0.25, 0.3) is 0 Å². The molecule has 0 saturated heterocycles. The molecule has 2 aromatic carbocycles. The van der Waals surface area contributed by atoms with Gasteiger partial charge < -0.3 is 16.8 Å². The van der Waals surface area contributed by atoms with Crippen LogP contribution in [-0.2, 0) is 14.4 Å². The summed E-state index contributed by atoms with van der Waals surface area (Å²) in [6.07, 6.45) is 0. The lowest BCUT2D eigenvalue weighted by Crippen LogP contribution is -2.43. The second-order valence-corrected chi connectivity index (χ2v) is 5.12. The maximum Gasteiger partial charge on any atom is 0.323 e. The lowest BCUT2D eigenvalue weighted by molar-refractivity contribution is -0.136. The van der Waals surface area contributed by atoms with Gasteiger partial charge in [-0.3, -0.25) is 19.2 Å². The number of para-hydroxylation sites is 1. The van der Waals surface area contributed by atoms with Gasteiger partial charge in [-0.1, -0.05) is 18.2 Å². The van der Waals surface area contributed by atoms with Gasteiger partial charge in [0.05, 0.1) is 16.9 Å². The molecule has 0 aromatic heterocycles. The molecule has 25 heavy (non-hydrogen) atoms. The fourth-order valence-corrected chi connectivity index (χ4v) is 2.19. The van der Waals surface area contributed by atoms with Gasteiger partial charge in [0.1, 0.15) is 0 Å². The van der Waals surface area contributed by atoms with Gasteiger partial charge in [0.25, 0.3) is 5.91 Å². The second-order valence-electron chi connectivity index (χ2n) is 5.12. The van der Waals surface area contributed by atoms with Crippen molar-refractivity contribution in [1.82, 2.24) is 0 Å². The number of anilines is 3. The smallest absolute Gasteiger partial charge is 0.323 e. The monoisotopic (exact) mass is 340 g/mol. The van der Waals surface area contributed by atoms with Crippen LogP contribution in [0.4, 0.5) is 17.1 Å². The molecule has 2 rings (SSSR count). The van der Waals surface area contributed by atoms with Crippen molar-refractivity contribution in [1.29, 1.82) is 0 Å². The zero-order valence-electron chi connectivity index (χ0n) is 13.4. The highest BCUT2D eigenvalue weighted by Gasteiger charge is 2.27. The van der Waals surface area contributed by atoms with Gasteiger partial charge in [-0.15, -0.1) is 0 Å². The first kappa shape index (κ1) is 17.7. The maximum atomic E-state index is 12.4. The Morgan fingerprint density at radius 3 is 2.28 bits per heavy atom. The molecule has 0 atom stereocenters. The lowest BCUT2D eigenvalue weighted by Gasteiger charge is -2.19. The fourth-order valence-electron chi connectivity index (χ4n) is 2.19. The van der Waals surface area contributed by atoms with Crippen LogP contribution in [0.5, 0.6) is 0 Å². The van der Waals surface area contributed by atoms with Crippen LogP contribution in [0.15, 0.2) is 48.5 Å². The Morgan fingerprint density at radius 1 is 1.00 bits per heavy atom. The van der Waals surface area contributed by atoms with Crippen molar-refractivity contribution in [2.45, 2.75) is 6.92 Å². The molecular formula is C17H16N4O4. The van der Waals surface area contributed by atoms with Crippen molar-refractivity contribution in [2.75, 3.05) is 16.0 Å². The van der Waals surface area contributed by atoms with Crippen molar-refractivity contribution < 1.29 is 19.2 Å². The van der Waals surface area contributed by atoms with E-state index in [2.05, 4.69) is 5.32 Å². The van der Waals surface area contributed by atoms with Crippen LogP contribution >= 0.6 is 0 Å². The topological polar surface area (TPSA) is 136 Å². The highest BCUT2D eigenvalue weighted by molar-refractivity contribution is 6.48. The van der Waals surface area contributed by atoms with Gasteiger partial charge in [0.2, 0.25) is 5.91 Å². The summed E-state index contributed by atoms with van der Waals surface area (Å²) in [7, 11) is 0. The molecule has 0 aliphatic rings. The van der Waals surface area contributed by atoms with Crippen LogP contribution in [0.1, 0.15) is 17.3 Å². The molecule has 0 aliphatic carbocycles. The number of imide groups is 1. The third-order valence-electron chi connectivity index (χ3n) is 3.28. The standard InChI is InChI=1S/C17H16N4O4/c1-10(22)21(12-6-4-5-11(18)9-12)17(25)16(24)20-14-8-3-2-7-13(14)15(19)23/h2-9H,18H2,1H3,(H2,19,23)(H,20,24). The number of nitrogens with two attached hydrogens (primary N) is 2. The average molecular weight is 340 g/mol. The number of carbonyl (C=O) groups excluding carboxylic acids is 4. The van der Waals surface area contributed by atoms with E-state index in [1.54, 1.807) is 24.3 Å². The van der Waals surface area contributed by atoms with Gasteiger partial charge in [0.15, 0.2) is 0 Å². The highest BCUT2D eigenvalue weighted by atomic mass is 16.2. The Bertz CT molecular complexity index is 863. The van der Waals surface area contributed by atoms with E-state index >= 15 is 0 Å². The first-order valence-corrected chi connectivity index (χ1v) is 7.21. The quantitative estimate of drug-likeness (QED) is 0.563. The Labute approximate surface area is 143 Å². The van der Waals surface area contributed by atoms with Crippen molar-refractivity contribution >= 4 is 40.7 Å². The minimum atomic E-state index is -1.11. The van der Waals surface area contributed by atoms with E-state index in [1.165, 1.54) is 24.3 Å². The highest BCUT2D eigenvalue weighted by Crippen LogP contribution is 2.19. The summed E-state index contributed by atoms with van der Waals surface area (Å²) >= 11 is 0. The number of amides is 4. The van der Waals surface area contributed by atoms with E-state index < -0.39 is 23.6 Å². The average Bonchev–Trinajstić information content (AvgIpc) is 2.55. The number of rotatable bonds is 3. The summed E-state index contributed by atoms with van der Waals surface area (Å²) in [4.78, 5) is 48.6. The van der Waals surface area contributed by atoms with Crippen molar-refractivity contribution in [3.05, 3.63) is 54.1 Å². The molecule has 0 unspecified atom stereocenters. The molecule has 0 spiro atoms. The van der Waals surface area contributed by atoms with E-state index in [4.69, 9.17) is 11.5 Å². The van der Waals surface area contributed by atoms with Crippen molar-refractivity contribution in [3.8, 4) is 0 Å². The molecule has 8 nitrogen and oxygen atoms in total. The molecule has 0 heterocycles. The van der Waals surface area contributed by atoms with E-state index in [9.17, 15) is 19.2 Å². The molecule has 5 N–H and O–H groups in total. The fraction of sp³-hybridized carbons (Fsp3) is 0.0588. The van der Waals surface area contributed by atoms with E-state index in [0.29, 0.717) is 10.6 Å². The Kier molecular flexibility index (Phi) is 5.13. The first-order chi connectivity index (χ1) is 11.8. The third kappa shape index (κ3) is 3.99.